The molecule has 1 rings (SSSR count). The first-order chi connectivity index (χ1) is 9.33. The quantitative estimate of drug-likeness (QED) is 0.762. The maximum Gasteiger partial charge on any atom is 0.147 e. The van der Waals surface area contributed by atoms with E-state index >= 15 is 0 Å². The van der Waals surface area contributed by atoms with Crippen LogP contribution in [-0.4, -0.2) is 31.5 Å². The predicted octanol–water partition coefficient (Wildman–Crippen LogP) is 2.62. The molecule has 0 aliphatic heterocycles. The number of nitrogens with zero attached hydrogens (tertiary/aromatic N) is 1. The molecule has 0 aromatic carbocycles. The van der Waals surface area contributed by atoms with Gasteiger partial charge in [0.15, 0.2) is 0 Å². The fraction of sp³-hybridized carbons (Fsp3) is 0.733. The van der Waals surface area contributed by atoms with Crippen LogP contribution in [0.15, 0.2) is 18.5 Å². The highest BCUT2D eigenvalue weighted by atomic mass is 32.2. The fourth-order valence-corrected chi connectivity index (χ4v) is 2.98. The van der Waals surface area contributed by atoms with Gasteiger partial charge in [-0.2, -0.15) is 0 Å². The Bertz CT molecular complexity index is 492. The maximum atomic E-state index is 11.1. The summed E-state index contributed by atoms with van der Waals surface area (Å²) in [6.07, 6.45) is 7.26. The van der Waals surface area contributed by atoms with Crippen molar-refractivity contribution < 1.29 is 8.42 Å². The fourth-order valence-electron chi connectivity index (χ4n) is 2.33. The molecule has 1 aromatic rings. The number of aryl methyl sites for hydroxylation is 1. The Morgan fingerprint density at radius 1 is 1.35 bits per heavy atom. The van der Waals surface area contributed by atoms with Gasteiger partial charge in [0, 0.05) is 31.2 Å². The molecule has 0 spiro atoms. The van der Waals surface area contributed by atoms with Gasteiger partial charge in [0.05, 0.1) is 5.75 Å². The standard InChI is InChI=1S/C15H28N2O2S/c1-5-8-16-15(13(2)3)14-7-10-17(12-14)9-6-11-20(4,18)19/h7,10,12-13,15-16H,5-6,8-9,11H2,1-4H3. The predicted molar refractivity (Wildman–Crippen MR) is 84.6 cm³/mol. The van der Waals surface area contributed by atoms with E-state index in [9.17, 15) is 8.42 Å². The van der Waals surface area contributed by atoms with E-state index in [0.717, 1.165) is 19.5 Å². The van der Waals surface area contributed by atoms with Crippen LogP contribution in [0.5, 0.6) is 0 Å². The number of hydrogen-bond donors (Lipinski definition) is 1. The van der Waals surface area contributed by atoms with Crippen molar-refractivity contribution >= 4 is 9.84 Å². The SMILES string of the molecule is CCCNC(c1ccn(CCCS(C)(=O)=O)c1)C(C)C. The summed E-state index contributed by atoms with van der Waals surface area (Å²) in [5.74, 6) is 0.788. The molecule has 0 fully saturated rings. The number of sulfone groups is 1. The highest BCUT2D eigenvalue weighted by Crippen LogP contribution is 2.22. The molecular formula is C15H28N2O2S. The van der Waals surface area contributed by atoms with Crippen molar-refractivity contribution in [3.63, 3.8) is 0 Å². The Morgan fingerprint density at radius 3 is 2.60 bits per heavy atom. The van der Waals surface area contributed by atoms with E-state index in [4.69, 9.17) is 0 Å². The minimum absolute atomic E-state index is 0.252. The summed E-state index contributed by atoms with van der Waals surface area (Å²) >= 11 is 0. The second-order valence-corrected chi connectivity index (χ2v) is 8.10. The lowest BCUT2D eigenvalue weighted by Gasteiger charge is -2.21. The molecule has 0 radical (unpaired) electrons. The van der Waals surface area contributed by atoms with E-state index in [1.54, 1.807) is 0 Å². The van der Waals surface area contributed by atoms with Crippen molar-refractivity contribution in [2.24, 2.45) is 5.92 Å². The summed E-state index contributed by atoms with van der Waals surface area (Å²) in [6, 6.07) is 2.50. The first-order valence-corrected chi connectivity index (χ1v) is 9.46. The lowest BCUT2D eigenvalue weighted by atomic mass is 9.98. The van der Waals surface area contributed by atoms with Crippen LogP contribution in [0.4, 0.5) is 0 Å². The van der Waals surface area contributed by atoms with E-state index in [-0.39, 0.29) is 5.75 Å². The van der Waals surface area contributed by atoms with Crippen molar-refractivity contribution in [3.05, 3.63) is 24.0 Å². The molecule has 0 amide bonds. The van der Waals surface area contributed by atoms with Gasteiger partial charge in [0.25, 0.3) is 0 Å². The molecule has 0 saturated heterocycles. The van der Waals surface area contributed by atoms with Crippen molar-refractivity contribution in [1.82, 2.24) is 9.88 Å². The van der Waals surface area contributed by atoms with Gasteiger partial charge in [-0.25, -0.2) is 8.42 Å². The molecule has 4 nitrogen and oxygen atoms in total. The van der Waals surface area contributed by atoms with Gasteiger partial charge >= 0.3 is 0 Å². The number of nitrogens with one attached hydrogen (secondary N) is 1. The summed E-state index contributed by atoms with van der Waals surface area (Å²) in [4.78, 5) is 0. The molecule has 0 saturated carbocycles. The largest absolute Gasteiger partial charge is 0.354 e. The molecule has 1 heterocycles. The molecule has 1 unspecified atom stereocenters. The summed E-state index contributed by atoms with van der Waals surface area (Å²) in [7, 11) is -2.85. The van der Waals surface area contributed by atoms with Crippen molar-refractivity contribution in [3.8, 4) is 0 Å². The molecule has 5 heteroatoms. The number of hydrogen-bond acceptors (Lipinski definition) is 3. The first-order valence-electron chi connectivity index (χ1n) is 7.40. The number of rotatable bonds is 9. The Labute approximate surface area is 123 Å². The topological polar surface area (TPSA) is 51.1 Å². The van der Waals surface area contributed by atoms with Crippen LogP contribution in [0.2, 0.25) is 0 Å². The van der Waals surface area contributed by atoms with E-state index in [0.29, 0.717) is 18.4 Å². The monoisotopic (exact) mass is 300 g/mol. The third-order valence-electron chi connectivity index (χ3n) is 3.34. The second-order valence-electron chi connectivity index (χ2n) is 5.84. The summed E-state index contributed by atoms with van der Waals surface area (Å²) < 4.78 is 24.3. The molecule has 20 heavy (non-hydrogen) atoms. The third-order valence-corrected chi connectivity index (χ3v) is 4.38. The highest BCUT2D eigenvalue weighted by Gasteiger charge is 2.15. The van der Waals surface area contributed by atoms with Gasteiger partial charge < -0.3 is 9.88 Å². The zero-order valence-electron chi connectivity index (χ0n) is 13.1. The molecule has 1 atom stereocenters. The van der Waals surface area contributed by atoms with Crippen LogP contribution in [0, 0.1) is 5.92 Å². The molecular weight excluding hydrogens is 272 g/mol. The van der Waals surface area contributed by atoms with E-state index < -0.39 is 9.84 Å². The Balaban J connectivity index is 2.60. The van der Waals surface area contributed by atoms with E-state index in [1.807, 2.05) is 6.20 Å². The Hall–Kier alpha value is -0.810. The molecule has 0 aliphatic carbocycles. The molecule has 1 aromatic heterocycles. The maximum absolute atomic E-state index is 11.1. The van der Waals surface area contributed by atoms with Crippen molar-refractivity contribution in [2.75, 3.05) is 18.6 Å². The van der Waals surface area contributed by atoms with Gasteiger partial charge in [-0.05, 0) is 36.9 Å². The smallest absolute Gasteiger partial charge is 0.147 e. The second kappa shape index (κ2) is 7.84. The average molecular weight is 300 g/mol. The van der Waals surface area contributed by atoms with Gasteiger partial charge in [0.2, 0.25) is 0 Å². The van der Waals surface area contributed by atoms with E-state index in [1.165, 1.54) is 11.8 Å². The summed E-state index contributed by atoms with van der Waals surface area (Å²) in [6.45, 7) is 8.37. The Kier molecular flexibility index (Phi) is 6.76. The first kappa shape index (κ1) is 17.2. The summed E-state index contributed by atoms with van der Waals surface area (Å²) in [5.41, 5.74) is 1.29. The van der Waals surface area contributed by atoms with E-state index in [2.05, 4.69) is 42.9 Å². The van der Waals surface area contributed by atoms with Gasteiger partial charge in [-0.15, -0.1) is 0 Å². The average Bonchev–Trinajstić information content (AvgIpc) is 2.76. The third kappa shape index (κ3) is 6.09. The van der Waals surface area contributed by atoms with Crippen LogP contribution in [0.25, 0.3) is 0 Å². The van der Waals surface area contributed by atoms with Gasteiger partial charge in [-0.1, -0.05) is 20.8 Å². The molecule has 1 N–H and O–H groups in total. The minimum atomic E-state index is -2.85. The van der Waals surface area contributed by atoms with Crippen LogP contribution < -0.4 is 5.32 Å². The summed E-state index contributed by atoms with van der Waals surface area (Å²) in [5, 5.41) is 3.57. The van der Waals surface area contributed by atoms with Crippen LogP contribution >= 0.6 is 0 Å². The van der Waals surface area contributed by atoms with Crippen molar-refractivity contribution in [2.45, 2.75) is 46.2 Å². The highest BCUT2D eigenvalue weighted by molar-refractivity contribution is 7.90. The van der Waals surface area contributed by atoms with Crippen LogP contribution in [-0.2, 0) is 16.4 Å². The van der Waals surface area contributed by atoms with Gasteiger partial charge in [-0.3, -0.25) is 0 Å². The lowest BCUT2D eigenvalue weighted by molar-refractivity contribution is 0.412. The zero-order valence-corrected chi connectivity index (χ0v) is 13.9. The molecule has 0 aliphatic rings. The molecule has 116 valence electrons. The zero-order chi connectivity index (χ0) is 15.2. The lowest BCUT2D eigenvalue weighted by Crippen LogP contribution is -2.26. The minimum Gasteiger partial charge on any atom is -0.354 e. The van der Waals surface area contributed by atoms with Crippen LogP contribution in [0.3, 0.4) is 0 Å². The Morgan fingerprint density at radius 2 is 2.05 bits per heavy atom. The van der Waals surface area contributed by atoms with Crippen LogP contribution in [0.1, 0.15) is 45.2 Å². The molecule has 0 bridgehead atoms. The normalized spacial score (nSPS) is 13.8. The van der Waals surface area contributed by atoms with Crippen molar-refractivity contribution in [1.29, 1.82) is 0 Å². The number of aromatic nitrogens is 1. The van der Waals surface area contributed by atoms with Gasteiger partial charge in [0.1, 0.15) is 9.84 Å².